The first-order valence-electron chi connectivity index (χ1n) is 18.2. The van der Waals surface area contributed by atoms with E-state index < -0.39 is 78.2 Å². The summed E-state index contributed by atoms with van der Waals surface area (Å²) in [5.74, 6) is -3.61. The van der Waals surface area contributed by atoms with E-state index in [2.05, 4.69) is 27.3 Å². The second kappa shape index (κ2) is 20.5. The standard InChI is InChI=1S/C38H56N4O10/c1-7-9-11-16-20-29(41-37(48)50-24-26-17-14-12-15-18-26)36(47)42-23-30-27(21-38(4,5)52-30)32(42)34(45)40-28(19-13-10-8-2)33(51-25(3)43)35(46)39-22-31(44)49-6/h7,12,14-15,17-18,27-30,32-33H,1,8-11,13,16,19-24H2,2-6H3,(H,39,46)(H,40,45)(H,41,48)/t27-,28-,29-,30-,32-,33?/m0/s1. The van der Waals surface area contributed by atoms with Crippen LogP contribution in [0.15, 0.2) is 43.0 Å². The highest BCUT2D eigenvalue weighted by Crippen LogP contribution is 2.43. The van der Waals surface area contributed by atoms with Crippen molar-refractivity contribution in [2.24, 2.45) is 5.92 Å². The third-order valence-corrected chi connectivity index (χ3v) is 9.30. The Morgan fingerprint density at radius 3 is 2.40 bits per heavy atom. The number of methoxy groups -OCH3 is 1. The lowest BCUT2D eigenvalue weighted by Gasteiger charge is -2.34. The first-order chi connectivity index (χ1) is 24.8. The Balaban J connectivity index is 1.90. The molecule has 2 aliphatic rings. The smallest absolute Gasteiger partial charge is 0.408 e. The van der Waals surface area contributed by atoms with Crippen LogP contribution in [-0.2, 0) is 49.5 Å². The van der Waals surface area contributed by atoms with Gasteiger partial charge in [0.1, 0.15) is 25.2 Å². The van der Waals surface area contributed by atoms with Gasteiger partial charge < -0.3 is 39.8 Å². The molecule has 1 aromatic rings. The molecule has 4 amide bonds. The molecule has 0 aromatic heterocycles. The summed E-state index contributed by atoms with van der Waals surface area (Å²) in [5, 5.41) is 8.11. The summed E-state index contributed by atoms with van der Waals surface area (Å²) in [5.41, 5.74) is 0.233. The average molecular weight is 729 g/mol. The van der Waals surface area contributed by atoms with Crippen LogP contribution in [0.5, 0.6) is 0 Å². The number of allylic oxidation sites excluding steroid dienone is 1. The van der Waals surface area contributed by atoms with Crippen molar-refractivity contribution in [2.75, 3.05) is 20.2 Å². The highest BCUT2D eigenvalue weighted by molar-refractivity contribution is 5.93. The van der Waals surface area contributed by atoms with Gasteiger partial charge in [0.25, 0.3) is 5.91 Å². The molecule has 2 saturated heterocycles. The Bertz CT molecular complexity index is 1390. The van der Waals surface area contributed by atoms with E-state index in [0.717, 1.165) is 38.2 Å². The summed E-state index contributed by atoms with van der Waals surface area (Å²) in [6.45, 7) is 10.4. The number of hydrogen-bond acceptors (Lipinski definition) is 10. The lowest BCUT2D eigenvalue weighted by Crippen LogP contribution is -2.59. The minimum atomic E-state index is -1.46. The SMILES string of the molecule is C=CCCCC[C@H](NC(=O)OCc1ccccc1)C(=O)N1C[C@@H]2OC(C)(C)C[C@@H]2[C@H]1C(=O)N[C@@H](CCCCC)C(OC(C)=O)C(=O)NCC(=O)OC. The molecule has 2 fully saturated rings. The number of rotatable bonds is 20. The minimum Gasteiger partial charge on any atom is -0.468 e. The lowest BCUT2D eigenvalue weighted by atomic mass is 9.89. The number of likely N-dealkylation sites (tertiary alicyclic amines) is 1. The van der Waals surface area contributed by atoms with E-state index in [1.807, 2.05) is 51.1 Å². The number of nitrogens with zero attached hydrogens (tertiary/aromatic N) is 1. The van der Waals surface area contributed by atoms with Gasteiger partial charge >= 0.3 is 18.0 Å². The molecule has 1 unspecified atom stereocenters. The van der Waals surface area contributed by atoms with Crippen LogP contribution in [0, 0.1) is 5.92 Å². The minimum absolute atomic E-state index is 0.0159. The largest absolute Gasteiger partial charge is 0.468 e. The summed E-state index contributed by atoms with van der Waals surface area (Å²) in [7, 11) is 1.18. The van der Waals surface area contributed by atoms with E-state index in [-0.39, 0.29) is 25.5 Å². The maximum absolute atomic E-state index is 14.5. The number of amides is 4. The van der Waals surface area contributed by atoms with Crippen molar-refractivity contribution in [1.29, 1.82) is 0 Å². The van der Waals surface area contributed by atoms with Crippen LogP contribution in [0.25, 0.3) is 0 Å². The monoisotopic (exact) mass is 728 g/mol. The predicted octanol–water partition coefficient (Wildman–Crippen LogP) is 3.71. The molecular weight excluding hydrogens is 672 g/mol. The fourth-order valence-electron chi connectivity index (χ4n) is 6.85. The van der Waals surface area contributed by atoms with Crippen molar-refractivity contribution in [1.82, 2.24) is 20.9 Å². The van der Waals surface area contributed by atoms with Gasteiger partial charge in [-0.1, -0.05) is 69.0 Å². The van der Waals surface area contributed by atoms with Crippen molar-refractivity contribution in [3.8, 4) is 0 Å². The molecule has 2 aliphatic heterocycles. The van der Waals surface area contributed by atoms with E-state index in [4.69, 9.17) is 14.2 Å². The van der Waals surface area contributed by atoms with Crippen molar-refractivity contribution in [2.45, 2.75) is 128 Å². The first-order valence-corrected chi connectivity index (χ1v) is 18.2. The fourth-order valence-corrected chi connectivity index (χ4v) is 6.85. The molecule has 0 saturated carbocycles. The van der Waals surface area contributed by atoms with Gasteiger partial charge in [0.15, 0.2) is 6.10 Å². The number of alkyl carbamates (subject to hydrolysis) is 1. The van der Waals surface area contributed by atoms with E-state index in [0.29, 0.717) is 25.7 Å². The Labute approximate surface area is 306 Å². The first kappa shape index (κ1) is 42.0. The van der Waals surface area contributed by atoms with Crippen LogP contribution in [0.4, 0.5) is 4.79 Å². The van der Waals surface area contributed by atoms with Crippen LogP contribution in [0.1, 0.15) is 91.0 Å². The number of ether oxygens (including phenoxy) is 4. The molecule has 0 radical (unpaired) electrons. The molecule has 1 aromatic carbocycles. The lowest BCUT2D eigenvalue weighted by molar-refractivity contribution is -0.157. The van der Waals surface area contributed by atoms with E-state index in [1.165, 1.54) is 12.0 Å². The topological polar surface area (TPSA) is 179 Å². The normalized spacial score (nSPS) is 20.4. The van der Waals surface area contributed by atoms with Gasteiger partial charge in [0, 0.05) is 19.4 Å². The van der Waals surface area contributed by atoms with Gasteiger partial charge in [-0.05, 0) is 51.5 Å². The van der Waals surface area contributed by atoms with Gasteiger partial charge in [0.2, 0.25) is 11.8 Å². The number of hydrogen-bond donors (Lipinski definition) is 3. The zero-order valence-corrected chi connectivity index (χ0v) is 31.2. The summed E-state index contributed by atoms with van der Waals surface area (Å²) >= 11 is 0. The molecule has 0 bridgehead atoms. The second-order valence-corrected chi connectivity index (χ2v) is 14.0. The molecule has 0 aliphatic carbocycles. The molecule has 0 spiro atoms. The Kier molecular flexibility index (Phi) is 16.6. The van der Waals surface area contributed by atoms with E-state index in [9.17, 15) is 28.8 Å². The molecule has 3 rings (SSSR count). The third kappa shape index (κ3) is 12.6. The molecule has 3 N–H and O–H groups in total. The highest BCUT2D eigenvalue weighted by atomic mass is 16.6. The highest BCUT2D eigenvalue weighted by Gasteiger charge is 2.56. The van der Waals surface area contributed by atoms with Crippen LogP contribution >= 0.6 is 0 Å². The molecular formula is C38H56N4O10. The van der Waals surface area contributed by atoms with Crippen LogP contribution in [-0.4, -0.2) is 96.8 Å². The zero-order chi connectivity index (χ0) is 38.3. The van der Waals surface area contributed by atoms with Gasteiger partial charge in [-0.2, -0.15) is 0 Å². The molecule has 14 nitrogen and oxygen atoms in total. The van der Waals surface area contributed by atoms with E-state index >= 15 is 0 Å². The van der Waals surface area contributed by atoms with Gasteiger partial charge in [-0.25, -0.2) is 4.79 Å². The van der Waals surface area contributed by atoms with Crippen molar-refractivity contribution >= 4 is 35.8 Å². The molecule has 6 atom stereocenters. The predicted molar refractivity (Wildman–Crippen MR) is 191 cm³/mol. The van der Waals surface area contributed by atoms with E-state index in [1.54, 1.807) is 6.08 Å². The number of fused-ring (bicyclic) bond motifs is 1. The van der Waals surface area contributed by atoms with Gasteiger partial charge in [-0.3, -0.25) is 24.0 Å². The zero-order valence-electron chi connectivity index (χ0n) is 31.2. The molecule has 14 heteroatoms. The molecule has 2 heterocycles. The average Bonchev–Trinajstić information content (AvgIpc) is 3.60. The summed E-state index contributed by atoms with van der Waals surface area (Å²) in [6.07, 6.45) is 4.48. The fraction of sp³-hybridized carbons (Fsp3) is 0.632. The van der Waals surface area contributed by atoms with Crippen molar-refractivity contribution in [3.63, 3.8) is 0 Å². The Morgan fingerprint density at radius 2 is 1.75 bits per heavy atom. The van der Waals surface area contributed by atoms with Crippen molar-refractivity contribution < 1.29 is 47.7 Å². The van der Waals surface area contributed by atoms with Gasteiger partial charge in [-0.15, -0.1) is 6.58 Å². The molecule has 52 heavy (non-hydrogen) atoms. The summed E-state index contributed by atoms with van der Waals surface area (Å²) < 4.78 is 21.8. The van der Waals surface area contributed by atoms with Crippen molar-refractivity contribution in [3.05, 3.63) is 48.6 Å². The number of unbranched alkanes of at least 4 members (excludes halogenated alkanes) is 4. The summed E-state index contributed by atoms with van der Waals surface area (Å²) in [6, 6.07) is 6.18. The number of carbonyl (C=O) groups excluding carboxylic acids is 6. The second-order valence-electron chi connectivity index (χ2n) is 14.0. The van der Waals surface area contributed by atoms with Gasteiger partial charge in [0.05, 0.1) is 24.9 Å². The number of carbonyl (C=O) groups is 6. The Morgan fingerprint density at radius 1 is 1.04 bits per heavy atom. The van der Waals surface area contributed by atoms with Crippen LogP contribution in [0.2, 0.25) is 0 Å². The number of benzene rings is 1. The maximum Gasteiger partial charge on any atom is 0.408 e. The number of esters is 2. The summed E-state index contributed by atoms with van der Waals surface area (Å²) in [4.78, 5) is 80.6. The van der Waals surface area contributed by atoms with Crippen LogP contribution in [0.3, 0.4) is 0 Å². The Hall–Kier alpha value is -4.46. The third-order valence-electron chi connectivity index (χ3n) is 9.30. The maximum atomic E-state index is 14.5. The van der Waals surface area contributed by atoms with Crippen LogP contribution < -0.4 is 16.0 Å². The quantitative estimate of drug-likeness (QED) is 0.0776. The molecule has 288 valence electrons. The number of nitrogens with one attached hydrogen (secondary N) is 3.